The van der Waals surface area contributed by atoms with E-state index in [2.05, 4.69) is 22.4 Å². The molecule has 0 saturated carbocycles. The van der Waals surface area contributed by atoms with Crippen LogP contribution in [0.3, 0.4) is 0 Å². The maximum absolute atomic E-state index is 12.5. The summed E-state index contributed by atoms with van der Waals surface area (Å²) in [5, 5.41) is 15.3. The Morgan fingerprint density at radius 2 is 1.41 bits per heavy atom. The lowest BCUT2D eigenvalue weighted by atomic mass is 10.0. The van der Waals surface area contributed by atoms with Crippen LogP contribution in [-0.2, 0) is 48.3 Å². The van der Waals surface area contributed by atoms with Gasteiger partial charge in [-0.15, -0.1) is 0 Å². The lowest BCUT2D eigenvalue weighted by Crippen LogP contribution is -2.36. The number of rotatable bonds is 21. The molecular weight excluding hydrogens is 630 g/mol. The number of para-hydroxylation sites is 1. The van der Waals surface area contributed by atoms with E-state index in [0.29, 0.717) is 51.9 Å². The van der Waals surface area contributed by atoms with Crippen LogP contribution in [0.2, 0.25) is 0 Å². The Morgan fingerprint density at radius 1 is 0.735 bits per heavy atom. The number of anilines is 1. The Hall–Kier alpha value is -5.01. The van der Waals surface area contributed by atoms with Crippen LogP contribution in [-0.4, -0.2) is 72.1 Å². The molecule has 3 aromatic carbocycles. The van der Waals surface area contributed by atoms with Gasteiger partial charge in [-0.3, -0.25) is 4.99 Å². The Bertz CT molecular complexity index is 1550. The van der Waals surface area contributed by atoms with E-state index in [1.807, 2.05) is 72.8 Å². The van der Waals surface area contributed by atoms with Crippen molar-refractivity contribution < 1.29 is 47.6 Å². The highest BCUT2D eigenvalue weighted by molar-refractivity contribution is 5.85. The number of carbonyl (C=O) groups excluding carboxylic acids is 1. The summed E-state index contributed by atoms with van der Waals surface area (Å²) in [5.41, 5.74) is 4.46. The molecule has 0 atom stereocenters. The molecule has 0 aliphatic rings. The van der Waals surface area contributed by atoms with Gasteiger partial charge in [-0.2, -0.15) is 4.57 Å². The number of hydrogen-bond donors (Lipinski definition) is 1. The quantitative estimate of drug-likeness (QED) is 0.0448. The number of nitrogens with zero attached hydrogens (tertiary/aromatic N) is 2. The maximum Gasteiger partial charge on any atom is 0.513 e. The van der Waals surface area contributed by atoms with Crippen molar-refractivity contribution in [1.82, 2.24) is 0 Å². The van der Waals surface area contributed by atoms with Gasteiger partial charge in [0.2, 0.25) is 0 Å². The topological polar surface area (TPSA) is 133 Å². The molecule has 0 unspecified atom stereocenters. The number of methoxy groups -OCH3 is 1. The molecule has 12 heteroatoms. The monoisotopic (exact) mass is 673 g/mol. The Kier molecular flexibility index (Phi) is 16.4. The average molecular weight is 674 g/mol. The number of amidine groups is 1. The van der Waals surface area contributed by atoms with Crippen LogP contribution in [0.25, 0.3) is 11.1 Å². The second-order valence-corrected chi connectivity index (χ2v) is 10.5. The second kappa shape index (κ2) is 21.8. The van der Waals surface area contributed by atoms with Crippen LogP contribution < -0.4 is 19.7 Å². The number of nitrogens with one attached hydrogen (secondary N) is 1. The van der Waals surface area contributed by atoms with Gasteiger partial charge in [0.1, 0.15) is 19.0 Å². The number of aliphatic imine (C=N–C) groups is 1. The molecule has 1 heterocycles. The summed E-state index contributed by atoms with van der Waals surface area (Å²) in [7, 11) is 1.62. The van der Waals surface area contributed by atoms with Crippen molar-refractivity contribution in [2.45, 2.75) is 19.9 Å². The molecule has 260 valence electrons. The highest BCUT2D eigenvalue weighted by atomic mass is 16.7. The Morgan fingerprint density at radius 3 is 2.14 bits per heavy atom. The molecule has 0 saturated heterocycles. The minimum absolute atomic E-state index is 0.0530. The summed E-state index contributed by atoms with van der Waals surface area (Å²) in [6.45, 7) is 3.56. The first kappa shape index (κ1) is 36.8. The third kappa shape index (κ3) is 14.3. The number of benzene rings is 3. The van der Waals surface area contributed by atoms with Crippen molar-refractivity contribution in [2.75, 3.05) is 65.3 Å². The van der Waals surface area contributed by atoms with Gasteiger partial charge in [-0.05, 0) is 35.4 Å². The van der Waals surface area contributed by atoms with Crippen molar-refractivity contribution >= 4 is 17.9 Å². The molecule has 0 aliphatic heterocycles. The van der Waals surface area contributed by atoms with E-state index in [4.69, 9.17) is 33.2 Å². The standard InChI is InChI=1S/C37H43N3O9/c1-43-18-19-44-20-21-45-22-23-46-24-25-47-37(42)49-29-40-17-7-8-31(27-40)26-38-36(41)39-33-15-13-30(14-16-33)28-48-35-12-6-5-11-34(35)32-9-3-2-4-10-32/h2-17,27H,18-26,28-29H2,1H3,(H-,38,39,41). The average Bonchev–Trinajstić information content (AvgIpc) is 3.14. The molecular formula is C37H43N3O9. The predicted octanol–water partition coefficient (Wildman–Crippen LogP) is 4.36. The zero-order valence-electron chi connectivity index (χ0n) is 27.7. The second-order valence-electron chi connectivity index (χ2n) is 10.5. The first-order valence-corrected chi connectivity index (χ1v) is 15.9. The van der Waals surface area contributed by atoms with E-state index in [-0.39, 0.29) is 26.5 Å². The van der Waals surface area contributed by atoms with Crippen molar-refractivity contribution in [1.29, 1.82) is 0 Å². The van der Waals surface area contributed by atoms with E-state index in [1.54, 1.807) is 30.1 Å². The highest BCUT2D eigenvalue weighted by Gasteiger charge is 2.09. The van der Waals surface area contributed by atoms with E-state index in [1.165, 1.54) is 0 Å². The summed E-state index contributed by atoms with van der Waals surface area (Å²) in [6.07, 6.45) is 2.65. The molecule has 1 N–H and O–H groups in total. The first-order chi connectivity index (χ1) is 24.1. The fraction of sp³-hybridized carbons (Fsp3) is 0.324. The molecule has 0 fully saturated rings. The van der Waals surface area contributed by atoms with Crippen LogP contribution in [0.5, 0.6) is 5.75 Å². The number of hydrogen-bond acceptors (Lipinski definition) is 10. The summed E-state index contributed by atoms with van der Waals surface area (Å²) >= 11 is 0. The van der Waals surface area contributed by atoms with Gasteiger partial charge in [-0.1, -0.05) is 60.7 Å². The van der Waals surface area contributed by atoms with E-state index in [9.17, 15) is 9.90 Å². The minimum Gasteiger partial charge on any atom is -0.846 e. The third-order valence-corrected chi connectivity index (χ3v) is 6.85. The van der Waals surface area contributed by atoms with Crippen LogP contribution in [0, 0.1) is 0 Å². The van der Waals surface area contributed by atoms with Crippen molar-refractivity contribution in [3.8, 4) is 16.9 Å². The number of aromatic nitrogens is 1. The zero-order chi connectivity index (χ0) is 34.4. The van der Waals surface area contributed by atoms with Gasteiger partial charge in [0.05, 0.1) is 58.8 Å². The van der Waals surface area contributed by atoms with Gasteiger partial charge in [0.25, 0.3) is 6.73 Å². The number of carbonyl (C=O) groups is 1. The van der Waals surface area contributed by atoms with Crippen LogP contribution in [0.15, 0.2) is 108 Å². The van der Waals surface area contributed by atoms with Crippen molar-refractivity contribution in [3.63, 3.8) is 0 Å². The van der Waals surface area contributed by atoms with E-state index >= 15 is 0 Å². The number of pyridine rings is 1. The molecule has 0 spiro atoms. The fourth-order valence-corrected chi connectivity index (χ4v) is 4.41. The third-order valence-electron chi connectivity index (χ3n) is 6.85. The van der Waals surface area contributed by atoms with Crippen LogP contribution in [0.4, 0.5) is 10.5 Å². The van der Waals surface area contributed by atoms with Crippen molar-refractivity contribution in [2.24, 2.45) is 4.99 Å². The summed E-state index contributed by atoms with van der Waals surface area (Å²) in [6, 6.07) is 28.6. The van der Waals surface area contributed by atoms with Gasteiger partial charge in [0.15, 0.2) is 12.4 Å². The lowest BCUT2D eigenvalue weighted by Gasteiger charge is -2.15. The fourth-order valence-electron chi connectivity index (χ4n) is 4.41. The normalized spacial score (nSPS) is 11.2. The van der Waals surface area contributed by atoms with Gasteiger partial charge in [-0.25, -0.2) is 4.79 Å². The Balaban J connectivity index is 1.11. The molecule has 4 aromatic rings. The molecule has 0 aliphatic carbocycles. The summed E-state index contributed by atoms with van der Waals surface area (Å²) in [5.74, 6) is 0.800. The summed E-state index contributed by atoms with van der Waals surface area (Å²) < 4.78 is 38.9. The van der Waals surface area contributed by atoms with Gasteiger partial charge in [0, 0.05) is 30.0 Å². The van der Waals surface area contributed by atoms with Crippen LogP contribution >= 0.6 is 0 Å². The predicted molar refractivity (Wildman–Crippen MR) is 181 cm³/mol. The largest absolute Gasteiger partial charge is 0.846 e. The maximum atomic E-state index is 12.5. The SMILES string of the molecule is COCCOCCOCCOCCOC(=O)OC[n+]1cccc(CN=C([O-])Nc2ccc(COc3ccccc3-c3ccccc3)cc2)c1. The Labute approximate surface area is 286 Å². The summed E-state index contributed by atoms with van der Waals surface area (Å²) in [4.78, 5) is 16.0. The van der Waals surface area contributed by atoms with Crippen LogP contribution in [0.1, 0.15) is 11.1 Å². The first-order valence-electron chi connectivity index (χ1n) is 15.9. The lowest BCUT2D eigenvalue weighted by molar-refractivity contribution is -0.728. The van der Waals surface area contributed by atoms with Gasteiger partial charge < -0.3 is 43.6 Å². The van der Waals surface area contributed by atoms with E-state index < -0.39 is 12.2 Å². The van der Waals surface area contributed by atoms with Gasteiger partial charge >= 0.3 is 6.16 Å². The molecule has 49 heavy (non-hydrogen) atoms. The molecule has 4 rings (SSSR count). The zero-order valence-corrected chi connectivity index (χ0v) is 27.7. The smallest absolute Gasteiger partial charge is 0.513 e. The minimum atomic E-state index is -0.815. The molecule has 0 radical (unpaired) electrons. The molecule has 0 bridgehead atoms. The number of ether oxygens (including phenoxy) is 7. The van der Waals surface area contributed by atoms with E-state index in [0.717, 1.165) is 28.0 Å². The molecule has 0 amide bonds. The molecule has 1 aromatic heterocycles. The molecule has 12 nitrogen and oxygen atoms in total. The van der Waals surface area contributed by atoms with Crippen molar-refractivity contribution in [3.05, 3.63) is 115 Å². The highest BCUT2D eigenvalue weighted by Crippen LogP contribution is 2.30.